The maximum atomic E-state index is 13.3. The first-order valence-corrected chi connectivity index (χ1v) is 9.46. The maximum absolute atomic E-state index is 13.3. The number of fused-ring (bicyclic) bond motifs is 1. The molecule has 0 aliphatic rings. The molecule has 0 spiro atoms. The molecule has 2 N–H and O–H groups in total. The second kappa shape index (κ2) is 7.32. The summed E-state index contributed by atoms with van der Waals surface area (Å²) < 4.78 is 1.52. The van der Waals surface area contributed by atoms with Crippen molar-refractivity contribution in [2.24, 2.45) is 0 Å². The number of carboxylic acid groups (broad SMARTS) is 1. The van der Waals surface area contributed by atoms with Crippen LogP contribution < -0.4 is 0 Å². The van der Waals surface area contributed by atoms with E-state index < -0.39 is 11.4 Å². The molecule has 3 rings (SSSR count). The van der Waals surface area contributed by atoms with Crippen molar-refractivity contribution in [1.29, 1.82) is 0 Å². The Labute approximate surface area is 168 Å². The van der Waals surface area contributed by atoms with Gasteiger partial charge >= 0.3 is 5.97 Å². The van der Waals surface area contributed by atoms with Crippen LogP contribution in [0.4, 0.5) is 0 Å². The third-order valence-corrected chi connectivity index (χ3v) is 5.51. The summed E-state index contributed by atoms with van der Waals surface area (Å²) in [6.07, 6.45) is 1.08. The minimum atomic E-state index is -1.18. The minimum Gasteiger partial charge on any atom is -0.508 e. The maximum Gasteiger partial charge on any atom is 0.313 e. The highest BCUT2D eigenvalue weighted by Gasteiger charge is 2.39. The highest BCUT2D eigenvalue weighted by Crippen LogP contribution is 2.40. The number of aromatic nitrogens is 1. The smallest absolute Gasteiger partial charge is 0.313 e. The molecule has 0 bridgehead atoms. The van der Waals surface area contributed by atoms with Crippen molar-refractivity contribution in [3.63, 3.8) is 0 Å². The fourth-order valence-electron chi connectivity index (χ4n) is 3.93. The van der Waals surface area contributed by atoms with E-state index in [0.29, 0.717) is 45.6 Å². The lowest BCUT2D eigenvalue weighted by atomic mass is 9.77. The molecule has 0 saturated heterocycles. The standard InChI is InChI=1S/C22H22ClNO4/c1-4-11-22(3,21(27)28)19-13(2)24(18-10-9-16(25)12-17(18)19)20(26)14-5-7-15(23)8-6-14/h5-10,12,25H,4,11H2,1-3H3,(H,27,28)/t22-/m1/s1. The second-order valence-electron chi connectivity index (χ2n) is 7.20. The summed E-state index contributed by atoms with van der Waals surface area (Å²) in [4.78, 5) is 25.5. The third-order valence-electron chi connectivity index (χ3n) is 5.26. The van der Waals surface area contributed by atoms with E-state index in [1.54, 1.807) is 44.2 Å². The summed E-state index contributed by atoms with van der Waals surface area (Å²) in [6, 6.07) is 11.2. The number of aromatic hydroxyl groups is 1. The van der Waals surface area contributed by atoms with Crippen LogP contribution in [0, 0.1) is 6.92 Å². The number of phenols is 1. The number of halogens is 1. The molecule has 0 amide bonds. The summed E-state index contributed by atoms with van der Waals surface area (Å²) in [5, 5.41) is 21.1. The molecule has 2 aromatic carbocycles. The molecule has 0 radical (unpaired) electrons. The molecule has 5 nitrogen and oxygen atoms in total. The third kappa shape index (κ3) is 3.16. The highest BCUT2D eigenvalue weighted by molar-refractivity contribution is 6.30. The zero-order valence-electron chi connectivity index (χ0n) is 16.0. The lowest BCUT2D eigenvalue weighted by Gasteiger charge is -2.25. The molecule has 1 heterocycles. The van der Waals surface area contributed by atoms with Gasteiger partial charge < -0.3 is 10.2 Å². The molecule has 0 aliphatic heterocycles. The second-order valence-corrected chi connectivity index (χ2v) is 7.63. The molecular weight excluding hydrogens is 378 g/mol. The number of carbonyl (C=O) groups excluding carboxylic acids is 1. The van der Waals surface area contributed by atoms with Gasteiger partial charge in [0.1, 0.15) is 5.75 Å². The average Bonchev–Trinajstić information content (AvgIpc) is 2.93. The van der Waals surface area contributed by atoms with E-state index in [4.69, 9.17) is 11.6 Å². The summed E-state index contributed by atoms with van der Waals surface area (Å²) in [6.45, 7) is 5.34. The van der Waals surface area contributed by atoms with Crippen molar-refractivity contribution in [3.05, 3.63) is 64.3 Å². The molecular formula is C22H22ClNO4. The van der Waals surface area contributed by atoms with Crippen LogP contribution in [0.2, 0.25) is 5.02 Å². The number of carboxylic acids is 1. The predicted molar refractivity (Wildman–Crippen MR) is 109 cm³/mol. The summed E-state index contributed by atoms with van der Waals surface area (Å²) >= 11 is 5.93. The quantitative estimate of drug-likeness (QED) is 0.622. The zero-order valence-corrected chi connectivity index (χ0v) is 16.7. The topological polar surface area (TPSA) is 79.5 Å². The van der Waals surface area contributed by atoms with Crippen LogP contribution in [0.1, 0.15) is 48.3 Å². The van der Waals surface area contributed by atoms with Crippen molar-refractivity contribution in [2.45, 2.75) is 39.0 Å². The molecule has 146 valence electrons. The number of carbonyl (C=O) groups is 2. The van der Waals surface area contributed by atoms with Crippen molar-refractivity contribution in [1.82, 2.24) is 4.57 Å². The molecule has 6 heteroatoms. The lowest BCUT2D eigenvalue weighted by molar-refractivity contribution is -0.143. The van der Waals surface area contributed by atoms with E-state index in [0.717, 1.165) is 0 Å². The van der Waals surface area contributed by atoms with Gasteiger partial charge in [0.15, 0.2) is 0 Å². The first-order chi connectivity index (χ1) is 13.2. The molecule has 0 fully saturated rings. The molecule has 28 heavy (non-hydrogen) atoms. The van der Waals surface area contributed by atoms with E-state index >= 15 is 0 Å². The fraction of sp³-hybridized carbons (Fsp3) is 0.273. The van der Waals surface area contributed by atoms with Gasteiger partial charge in [-0.05, 0) is 68.3 Å². The van der Waals surface area contributed by atoms with Gasteiger partial charge in [0.05, 0.1) is 10.9 Å². The molecule has 1 atom stereocenters. The van der Waals surface area contributed by atoms with Gasteiger partial charge in [-0.2, -0.15) is 0 Å². The van der Waals surface area contributed by atoms with Crippen molar-refractivity contribution in [2.75, 3.05) is 0 Å². The number of hydrogen-bond donors (Lipinski definition) is 2. The van der Waals surface area contributed by atoms with Crippen LogP contribution in [0.25, 0.3) is 10.9 Å². The van der Waals surface area contributed by atoms with Crippen molar-refractivity contribution >= 4 is 34.4 Å². The van der Waals surface area contributed by atoms with Crippen molar-refractivity contribution < 1.29 is 19.8 Å². The molecule has 0 saturated carbocycles. The normalized spacial score (nSPS) is 13.4. The van der Waals surface area contributed by atoms with Gasteiger partial charge in [0.2, 0.25) is 0 Å². The van der Waals surface area contributed by atoms with E-state index in [-0.39, 0.29) is 11.7 Å². The minimum absolute atomic E-state index is 0.0223. The largest absolute Gasteiger partial charge is 0.508 e. The Morgan fingerprint density at radius 3 is 2.36 bits per heavy atom. The van der Waals surface area contributed by atoms with Gasteiger partial charge in [-0.3, -0.25) is 14.2 Å². The first-order valence-electron chi connectivity index (χ1n) is 9.09. The van der Waals surface area contributed by atoms with Gasteiger partial charge in [-0.1, -0.05) is 24.9 Å². The molecule has 0 unspecified atom stereocenters. The number of hydrogen-bond acceptors (Lipinski definition) is 3. The van der Waals surface area contributed by atoms with Gasteiger partial charge in [-0.25, -0.2) is 0 Å². The summed E-state index contributed by atoms with van der Waals surface area (Å²) in [7, 11) is 0. The van der Waals surface area contributed by atoms with Crippen molar-refractivity contribution in [3.8, 4) is 5.75 Å². The Bertz CT molecular complexity index is 1070. The Morgan fingerprint density at radius 2 is 1.79 bits per heavy atom. The average molecular weight is 400 g/mol. The Kier molecular flexibility index (Phi) is 5.22. The zero-order chi connectivity index (χ0) is 20.6. The molecule has 1 aromatic heterocycles. The van der Waals surface area contributed by atoms with E-state index in [1.807, 2.05) is 6.92 Å². The highest BCUT2D eigenvalue weighted by atomic mass is 35.5. The summed E-state index contributed by atoms with van der Waals surface area (Å²) in [5.41, 5.74) is 0.926. The Morgan fingerprint density at radius 1 is 1.14 bits per heavy atom. The van der Waals surface area contributed by atoms with Crippen LogP contribution in [0.15, 0.2) is 42.5 Å². The monoisotopic (exact) mass is 399 g/mol. The molecule has 3 aromatic rings. The first kappa shape index (κ1) is 20.0. The van der Waals surface area contributed by atoms with Crippen LogP contribution in [-0.4, -0.2) is 26.7 Å². The van der Waals surface area contributed by atoms with Crippen LogP contribution >= 0.6 is 11.6 Å². The van der Waals surface area contributed by atoms with Gasteiger partial charge in [0.25, 0.3) is 5.91 Å². The molecule has 0 aliphatic carbocycles. The van der Waals surface area contributed by atoms with Gasteiger partial charge in [-0.15, -0.1) is 0 Å². The van der Waals surface area contributed by atoms with Crippen LogP contribution in [0.5, 0.6) is 5.75 Å². The predicted octanol–water partition coefficient (Wildman–Crippen LogP) is 5.14. The lowest BCUT2D eigenvalue weighted by Crippen LogP contribution is -2.33. The van der Waals surface area contributed by atoms with E-state index in [1.165, 1.54) is 16.7 Å². The number of rotatable bonds is 5. The number of benzene rings is 2. The van der Waals surface area contributed by atoms with Crippen LogP contribution in [-0.2, 0) is 10.2 Å². The SMILES string of the molecule is CCC[C@@](C)(C(=O)O)c1c(C)n(C(=O)c2ccc(Cl)cc2)c2ccc(O)cc12. The van der Waals surface area contributed by atoms with E-state index in [9.17, 15) is 19.8 Å². The Balaban J connectivity index is 2.34. The summed E-state index contributed by atoms with van der Waals surface area (Å²) in [5.74, 6) is -1.21. The number of aliphatic carboxylic acids is 1. The fourth-order valence-corrected chi connectivity index (χ4v) is 4.05. The Hall–Kier alpha value is -2.79. The number of phenolic OH excluding ortho intramolecular Hbond substituents is 1. The van der Waals surface area contributed by atoms with Crippen LogP contribution in [0.3, 0.4) is 0 Å². The van der Waals surface area contributed by atoms with Gasteiger partial charge in [0, 0.05) is 21.7 Å². The number of nitrogens with zero attached hydrogens (tertiary/aromatic N) is 1. The van der Waals surface area contributed by atoms with E-state index in [2.05, 4.69) is 0 Å².